The standard InChI is InChI=1S/C25H30F3N3O5S/c1-35-21-8-9-22(36-2)23(16-21)37(33,34)31-10-4-5-18(17-31)24(32)30-13-11-29(12-14-30)20-7-3-6-19(15-20)25(26,27)28/h3,6-9,15-16,18H,4-5,10-14,17H2,1-2H3/t18-/m1/s1. The minimum atomic E-state index is -4.42. The number of carbonyl (C=O) groups is 1. The predicted octanol–water partition coefficient (Wildman–Crippen LogP) is 3.47. The third kappa shape index (κ3) is 5.80. The molecule has 4 rings (SSSR count). The SMILES string of the molecule is COc1ccc(OC)c(S(=O)(=O)N2CCC[C@@H](C(=O)N3CCN(c4cccc(C(F)(F)F)c4)CC3)C2)c1. The Kier molecular flexibility index (Phi) is 7.88. The van der Waals surface area contributed by atoms with E-state index in [9.17, 15) is 26.4 Å². The fourth-order valence-electron chi connectivity index (χ4n) is 4.81. The summed E-state index contributed by atoms with van der Waals surface area (Å²) in [5.41, 5.74) is -0.247. The van der Waals surface area contributed by atoms with Gasteiger partial charge in [-0.25, -0.2) is 8.42 Å². The summed E-state index contributed by atoms with van der Waals surface area (Å²) < 4.78 is 77.9. The smallest absolute Gasteiger partial charge is 0.416 e. The van der Waals surface area contributed by atoms with Crippen molar-refractivity contribution in [1.29, 1.82) is 0 Å². The average Bonchev–Trinajstić information content (AvgIpc) is 2.92. The maximum Gasteiger partial charge on any atom is 0.416 e. The molecule has 2 heterocycles. The topological polar surface area (TPSA) is 79.4 Å². The van der Waals surface area contributed by atoms with E-state index >= 15 is 0 Å². The molecule has 12 heteroatoms. The Morgan fingerprint density at radius 1 is 0.973 bits per heavy atom. The van der Waals surface area contributed by atoms with Gasteiger partial charge in [0.1, 0.15) is 16.4 Å². The molecule has 0 unspecified atom stereocenters. The summed E-state index contributed by atoms with van der Waals surface area (Å²) >= 11 is 0. The van der Waals surface area contributed by atoms with Crippen molar-refractivity contribution in [2.45, 2.75) is 23.9 Å². The molecule has 0 spiro atoms. The third-order valence-electron chi connectivity index (χ3n) is 6.85. The Hall–Kier alpha value is -2.99. The first-order chi connectivity index (χ1) is 17.5. The van der Waals surface area contributed by atoms with Gasteiger partial charge in [0.15, 0.2) is 0 Å². The second kappa shape index (κ2) is 10.8. The highest BCUT2D eigenvalue weighted by Gasteiger charge is 2.37. The van der Waals surface area contributed by atoms with Crippen LogP contribution in [0.15, 0.2) is 47.4 Å². The lowest BCUT2D eigenvalue weighted by Gasteiger charge is -2.39. The van der Waals surface area contributed by atoms with Crippen LogP contribution in [0.1, 0.15) is 18.4 Å². The van der Waals surface area contributed by atoms with Gasteiger partial charge in [0.2, 0.25) is 15.9 Å². The number of nitrogens with zero attached hydrogens (tertiary/aromatic N) is 3. The first-order valence-corrected chi connectivity index (χ1v) is 13.4. The van der Waals surface area contributed by atoms with Crippen LogP contribution < -0.4 is 14.4 Å². The molecule has 37 heavy (non-hydrogen) atoms. The van der Waals surface area contributed by atoms with Crippen LogP contribution in [0.5, 0.6) is 11.5 Å². The highest BCUT2D eigenvalue weighted by atomic mass is 32.2. The average molecular weight is 542 g/mol. The fourth-order valence-corrected chi connectivity index (χ4v) is 6.50. The molecule has 2 fully saturated rings. The summed E-state index contributed by atoms with van der Waals surface area (Å²) in [5, 5.41) is 0. The van der Waals surface area contributed by atoms with Crippen LogP contribution in [0.25, 0.3) is 0 Å². The third-order valence-corrected chi connectivity index (χ3v) is 8.74. The largest absolute Gasteiger partial charge is 0.497 e. The number of carbonyl (C=O) groups excluding carboxylic acids is 1. The first kappa shape index (κ1) is 27.1. The predicted molar refractivity (Wildman–Crippen MR) is 131 cm³/mol. The van der Waals surface area contributed by atoms with Crippen molar-refractivity contribution in [3.8, 4) is 11.5 Å². The van der Waals surface area contributed by atoms with Crippen molar-refractivity contribution < 1.29 is 35.9 Å². The highest BCUT2D eigenvalue weighted by Crippen LogP contribution is 2.34. The number of hydrogen-bond donors (Lipinski definition) is 0. The molecule has 202 valence electrons. The number of benzene rings is 2. The molecule has 0 saturated carbocycles. The number of methoxy groups -OCH3 is 2. The Balaban J connectivity index is 1.42. The monoisotopic (exact) mass is 541 g/mol. The normalized spacial score (nSPS) is 19.5. The summed E-state index contributed by atoms with van der Waals surface area (Å²) in [5.74, 6) is -0.0657. The minimum absolute atomic E-state index is 0.0165. The van der Waals surface area contributed by atoms with Gasteiger partial charge in [0, 0.05) is 51.0 Å². The van der Waals surface area contributed by atoms with E-state index in [2.05, 4.69) is 0 Å². The molecule has 8 nitrogen and oxygen atoms in total. The lowest BCUT2D eigenvalue weighted by molar-refractivity contribution is -0.137. The molecule has 2 aromatic carbocycles. The van der Waals surface area contributed by atoms with Gasteiger partial charge < -0.3 is 19.3 Å². The Labute approximate surface area is 214 Å². The van der Waals surface area contributed by atoms with E-state index in [0.717, 1.165) is 12.1 Å². The molecule has 0 aliphatic carbocycles. The Morgan fingerprint density at radius 2 is 1.70 bits per heavy atom. The Bertz CT molecular complexity index is 1230. The molecule has 2 aliphatic heterocycles. The maximum absolute atomic E-state index is 13.5. The molecule has 2 saturated heterocycles. The summed E-state index contributed by atoms with van der Waals surface area (Å²) in [4.78, 5) is 16.8. The van der Waals surface area contributed by atoms with Gasteiger partial charge in [-0.2, -0.15) is 17.5 Å². The Morgan fingerprint density at radius 3 is 2.35 bits per heavy atom. The number of ether oxygens (including phenoxy) is 2. The van der Waals surface area contributed by atoms with Crippen LogP contribution in [0.2, 0.25) is 0 Å². The van der Waals surface area contributed by atoms with Crippen LogP contribution in [0, 0.1) is 5.92 Å². The quantitative estimate of drug-likeness (QED) is 0.558. The van der Waals surface area contributed by atoms with Gasteiger partial charge in [-0.15, -0.1) is 0 Å². The minimum Gasteiger partial charge on any atom is -0.497 e. The van der Waals surface area contributed by atoms with Crippen molar-refractivity contribution in [2.24, 2.45) is 5.92 Å². The number of piperidine rings is 1. The van der Waals surface area contributed by atoms with E-state index in [1.54, 1.807) is 17.0 Å². The molecule has 1 atom stereocenters. The van der Waals surface area contributed by atoms with Crippen LogP contribution in [0.4, 0.5) is 18.9 Å². The number of alkyl halides is 3. The van der Waals surface area contributed by atoms with E-state index < -0.39 is 27.7 Å². The number of hydrogen-bond acceptors (Lipinski definition) is 6. The number of rotatable bonds is 6. The summed E-state index contributed by atoms with van der Waals surface area (Å²) in [6, 6.07) is 9.71. The zero-order chi connectivity index (χ0) is 26.8. The van der Waals surface area contributed by atoms with E-state index in [-0.39, 0.29) is 29.6 Å². The van der Waals surface area contributed by atoms with Crippen molar-refractivity contribution >= 4 is 21.6 Å². The van der Waals surface area contributed by atoms with E-state index in [4.69, 9.17) is 9.47 Å². The highest BCUT2D eigenvalue weighted by molar-refractivity contribution is 7.89. The maximum atomic E-state index is 13.5. The van der Waals surface area contributed by atoms with E-state index in [1.165, 1.54) is 36.7 Å². The molecule has 0 aromatic heterocycles. The molecule has 0 bridgehead atoms. The van der Waals surface area contributed by atoms with E-state index in [0.29, 0.717) is 50.5 Å². The number of anilines is 1. The zero-order valence-electron chi connectivity index (χ0n) is 20.7. The zero-order valence-corrected chi connectivity index (χ0v) is 21.5. The summed E-state index contributed by atoms with van der Waals surface area (Å²) in [6.45, 7) is 1.82. The van der Waals surface area contributed by atoms with Crippen molar-refractivity contribution in [3.63, 3.8) is 0 Å². The van der Waals surface area contributed by atoms with Crippen molar-refractivity contribution in [1.82, 2.24) is 9.21 Å². The number of halogens is 3. The number of sulfonamides is 1. The number of piperazine rings is 1. The van der Waals surface area contributed by atoms with Crippen LogP contribution in [-0.4, -0.2) is 77.0 Å². The lowest BCUT2D eigenvalue weighted by Crippen LogP contribution is -2.53. The van der Waals surface area contributed by atoms with Gasteiger partial charge in [-0.3, -0.25) is 4.79 Å². The second-order valence-corrected chi connectivity index (χ2v) is 11.0. The van der Waals surface area contributed by atoms with Gasteiger partial charge >= 0.3 is 6.18 Å². The van der Waals surface area contributed by atoms with Crippen molar-refractivity contribution in [3.05, 3.63) is 48.0 Å². The van der Waals surface area contributed by atoms with E-state index in [1.807, 2.05) is 4.90 Å². The molecular formula is C25H30F3N3O5S. The van der Waals surface area contributed by atoms with Crippen LogP contribution in [0.3, 0.4) is 0 Å². The summed E-state index contributed by atoms with van der Waals surface area (Å²) in [7, 11) is -1.10. The van der Waals surface area contributed by atoms with Crippen LogP contribution >= 0.6 is 0 Å². The van der Waals surface area contributed by atoms with Crippen LogP contribution in [-0.2, 0) is 21.0 Å². The molecule has 2 aromatic rings. The molecule has 2 aliphatic rings. The van der Waals surface area contributed by atoms with Gasteiger partial charge in [-0.05, 0) is 43.2 Å². The molecular weight excluding hydrogens is 511 g/mol. The molecule has 0 radical (unpaired) electrons. The van der Waals surface area contributed by atoms with Crippen molar-refractivity contribution in [2.75, 3.05) is 58.4 Å². The summed E-state index contributed by atoms with van der Waals surface area (Å²) in [6.07, 6.45) is -3.32. The second-order valence-electron chi connectivity index (χ2n) is 9.08. The van der Waals surface area contributed by atoms with Gasteiger partial charge in [0.25, 0.3) is 0 Å². The molecule has 0 N–H and O–H groups in total. The molecule has 1 amide bonds. The van der Waals surface area contributed by atoms with Gasteiger partial charge in [0.05, 0.1) is 25.7 Å². The van der Waals surface area contributed by atoms with Gasteiger partial charge in [-0.1, -0.05) is 6.07 Å². The number of amides is 1. The fraction of sp³-hybridized carbons (Fsp3) is 0.480. The first-order valence-electron chi connectivity index (χ1n) is 12.0. The lowest BCUT2D eigenvalue weighted by atomic mass is 9.97.